The van der Waals surface area contributed by atoms with E-state index in [1.165, 1.54) is 0 Å². The highest BCUT2D eigenvalue weighted by Gasteiger charge is 2.41. The van der Waals surface area contributed by atoms with Crippen LogP contribution in [0.3, 0.4) is 0 Å². The summed E-state index contributed by atoms with van der Waals surface area (Å²) in [5.74, 6) is 0.903. The Hall–Kier alpha value is -1.21. The van der Waals surface area contributed by atoms with Crippen LogP contribution < -0.4 is 4.90 Å². The third-order valence-electron chi connectivity index (χ3n) is 3.94. The van der Waals surface area contributed by atoms with Gasteiger partial charge in [-0.2, -0.15) is 4.31 Å². The molecule has 0 amide bonds. The molecule has 0 radical (unpaired) electrons. The third-order valence-corrected chi connectivity index (χ3v) is 6.34. The minimum absolute atomic E-state index is 0.111. The molecule has 1 aliphatic heterocycles. The molecule has 0 atom stereocenters. The van der Waals surface area contributed by atoms with Crippen LogP contribution in [0.15, 0.2) is 12.4 Å². The highest BCUT2D eigenvalue weighted by Crippen LogP contribution is 2.31. The number of sulfonamides is 1. The van der Waals surface area contributed by atoms with Gasteiger partial charge in [0.15, 0.2) is 0 Å². The molecule has 1 saturated carbocycles. The molecule has 1 aromatic rings. The maximum atomic E-state index is 12.2. The fourth-order valence-corrected chi connectivity index (χ4v) is 4.33. The summed E-state index contributed by atoms with van der Waals surface area (Å²) in [6, 6.07) is 1.99. The molecule has 1 aliphatic carbocycles. The summed E-state index contributed by atoms with van der Waals surface area (Å²) in [6.45, 7) is 4.58. The molecule has 0 bridgehead atoms. The Kier molecular flexibility index (Phi) is 3.64. The monoisotopic (exact) mass is 296 g/mol. The van der Waals surface area contributed by atoms with Crippen molar-refractivity contribution < 1.29 is 8.42 Å². The number of hydrogen-bond acceptors (Lipinski definition) is 5. The van der Waals surface area contributed by atoms with Gasteiger partial charge in [-0.05, 0) is 19.3 Å². The Morgan fingerprint density at radius 3 is 2.50 bits per heavy atom. The molecule has 20 heavy (non-hydrogen) atoms. The highest BCUT2D eigenvalue weighted by atomic mass is 32.2. The number of nitrogens with zero attached hydrogens (tertiary/aromatic N) is 4. The lowest BCUT2D eigenvalue weighted by Crippen LogP contribution is -2.49. The van der Waals surface area contributed by atoms with Crippen LogP contribution in [0, 0.1) is 0 Å². The summed E-state index contributed by atoms with van der Waals surface area (Å²) in [7, 11) is -3.03. The number of aryl methyl sites for hydroxylation is 1. The van der Waals surface area contributed by atoms with Crippen molar-refractivity contribution in [1.29, 1.82) is 0 Å². The number of aromatic nitrogens is 2. The molecular formula is C13H20N4O2S. The van der Waals surface area contributed by atoms with Crippen LogP contribution in [0.1, 0.15) is 25.5 Å². The van der Waals surface area contributed by atoms with Crippen molar-refractivity contribution >= 4 is 15.8 Å². The third kappa shape index (κ3) is 2.64. The van der Waals surface area contributed by atoms with Crippen molar-refractivity contribution in [3.63, 3.8) is 0 Å². The van der Waals surface area contributed by atoms with Gasteiger partial charge in [-0.1, -0.05) is 6.92 Å². The highest BCUT2D eigenvalue weighted by molar-refractivity contribution is 7.90. The number of rotatable bonds is 4. The molecule has 7 heteroatoms. The summed E-state index contributed by atoms with van der Waals surface area (Å²) in [5, 5.41) is -0.111. The van der Waals surface area contributed by atoms with Gasteiger partial charge in [0.05, 0.1) is 5.25 Å². The zero-order valence-corrected chi connectivity index (χ0v) is 12.5. The van der Waals surface area contributed by atoms with Crippen LogP contribution in [-0.4, -0.2) is 54.1 Å². The van der Waals surface area contributed by atoms with Crippen LogP contribution in [0.25, 0.3) is 0 Å². The van der Waals surface area contributed by atoms with E-state index >= 15 is 0 Å². The van der Waals surface area contributed by atoms with Crippen LogP contribution in [0.5, 0.6) is 0 Å². The normalized spacial score (nSPS) is 21.1. The predicted molar refractivity (Wildman–Crippen MR) is 77.1 cm³/mol. The Morgan fingerprint density at radius 1 is 1.20 bits per heavy atom. The van der Waals surface area contributed by atoms with Gasteiger partial charge in [0.2, 0.25) is 10.0 Å². The van der Waals surface area contributed by atoms with Crippen molar-refractivity contribution in [3.8, 4) is 0 Å². The summed E-state index contributed by atoms with van der Waals surface area (Å²) < 4.78 is 26.0. The van der Waals surface area contributed by atoms with Crippen molar-refractivity contribution in [3.05, 3.63) is 18.1 Å². The summed E-state index contributed by atoms with van der Waals surface area (Å²) in [6.07, 6.45) is 4.12. The average molecular weight is 296 g/mol. The van der Waals surface area contributed by atoms with Gasteiger partial charge in [0.1, 0.15) is 12.1 Å². The minimum atomic E-state index is -3.03. The first kappa shape index (κ1) is 13.8. The topological polar surface area (TPSA) is 66.4 Å². The first-order valence-electron chi connectivity index (χ1n) is 7.16. The standard InChI is InChI=1S/C13H20N4O2S/c1-2-11-9-13(15-10-14-11)16-5-7-17(8-6-16)20(18,19)12-3-4-12/h9-10,12H,2-8H2,1H3. The first-order chi connectivity index (χ1) is 9.61. The molecule has 2 aliphatic rings. The number of anilines is 1. The zero-order chi connectivity index (χ0) is 14.2. The van der Waals surface area contributed by atoms with Gasteiger partial charge in [0, 0.05) is 37.9 Å². The van der Waals surface area contributed by atoms with Gasteiger partial charge >= 0.3 is 0 Å². The second kappa shape index (κ2) is 5.29. The molecule has 0 unspecified atom stereocenters. The second-order valence-corrected chi connectivity index (χ2v) is 7.56. The summed E-state index contributed by atoms with van der Waals surface area (Å²) in [4.78, 5) is 10.6. The van der Waals surface area contributed by atoms with Gasteiger partial charge in [-0.3, -0.25) is 0 Å². The van der Waals surface area contributed by atoms with Crippen molar-refractivity contribution in [2.24, 2.45) is 0 Å². The number of piperazine rings is 1. The lowest BCUT2D eigenvalue weighted by atomic mass is 10.3. The van der Waals surface area contributed by atoms with Crippen molar-refractivity contribution in [2.45, 2.75) is 31.4 Å². The molecule has 1 aromatic heterocycles. The molecule has 6 nitrogen and oxygen atoms in total. The van der Waals surface area contributed by atoms with Gasteiger partial charge in [0.25, 0.3) is 0 Å². The lowest BCUT2D eigenvalue weighted by Gasteiger charge is -2.34. The van der Waals surface area contributed by atoms with E-state index in [-0.39, 0.29) is 5.25 Å². The van der Waals surface area contributed by atoms with E-state index < -0.39 is 10.0 Å². The second-order valence-electron chi connectivity index (χ2n) is 5.35. The average Bonchev–Trinajstić information content (AvgIpc) is 3.32. The largest absolute Gasteiger partial charge is 0.354 e. The lowest BCUT2D eigenvalue weighted by molar-refractivity contribution is 0.383. The molecule has 0 spiro atoms. The first-order valence-corrected chi connectivity index (χ1v) is 8.66. The Morgan fingerprint density at radius 2 is 1.90 bits per heavy atom. The fraction of sp³-hybridized carbons (Fsp3) is 0.692. The molecule has 2 heterocycles. The minimum Gasteiger partial charge on any atom is -0.354 e. The summed E-state index contributed by atoms with van der Waals surface area (Å²) >= 11 is 0. The molecular weight excluding hydrogens is 276 g/mol. The van der Waals surface area contributed by atoms with E-state index in [1.54, 1.807) is 10.6 Å². The van der Waals surface area contributed by atoms with Crippen LogP contribution in [-0.2, 0) is 16.4 Å². The molecule has 2 fully saturated rings. The van der Waals surface area contributed by atoms with Crippen LogP contribution >= 0.6 is 0 Å². The SMILES string of the molecule is CCc1cc(N2CCN(S(=O)(=O)C3CC3)CC2)ncn1. The number of hydrogen-bond donors (Lipinski definition) is 0. The smallest absolute Gasteiger partial charge is 0.217 e. The molecule has 0 N–H and O–H groups in total. The van der Waals surface area contributed by atoms with Crippen molar-refractivity contribution in [2.75, 3.05) is 31.1 Å². The van der Waals surface area contributed by atoms with Crippen LogP contribution in [0.4, 0.5) is 5.82 Å². The van der Waals surface area contributed by atoms with Crippen molar-refractivity contribution in [1.82, 2.24) is 14.3 Å². The van der Waals surface area contributed by atoms with E-state index in [9.17, 15) is 8.42 Å². The zero-order valence-electron chi connectivity index (χ0n) is 11.7. The molecule has 0 aromatic carbocycles. The van der Waals surface area contributed by atoms with Crippen LogP contribution in [0.2, 0.25) is 0 Å². The Labute approximate surface area is 119 Å². The molecule has 110 valence electrons. The van der Waals surface area contributed by atoms with Gasteiger partial charge < -0.3 is 4.90 Å². The maximum absolute atomic E-state index is 12.2. The van der Waals surface area contributed by atoms with E-state index in [2.05, 4.69) is 21.8 Å². The van der Waals surface area contributed by atoms with E-state index in [0.29, 0.717) is 26.2 Å². The quantitative estimate of drug-likeness (QED) is 0.816. The predicted octanol–water partition coefficient (Wildman–Crippen LogP) is 0.653. The summed E-state index contributed by atoms with van der Waals surface area (Å²) in [5.41, 5.74) is 1.02. The van der Waals surface area contributed by atoms with Gasteiger partial charge in [-0.15, -0.1) is 0 Å². The van der Waals surface area contributed by atoms with E-state index in [0.717, 1.165) is 30.8 Å². The van der Waals surface area contributed by atoms with E-state index in [4.69, 9.17) is 0 Å². The molecule has 1 saturated heterocycles. The Bertz CT molecular complexity index is 578. The molecule has 3 rings (SSSR count). The van der Waals surface area contributed by atoms with Gasteiger partial charge in [-0.25, -0.2) is 18.4 Å². The Balaban J connectivity index is 1.66. The van der Waals surface area contributed by atoms with E-state index in [1.807, 2.05) is 6.07 Å². The maximum Gasteiger partial charge on any atom is 0.217 e. The fourth-order valence-electron chi connectivity index (χ4n) is 2.50.